The van der Waals surface area contributed by atoms with Gasteiger partial charge in [-0.05, 0) is 43.8 Å². The molecule has 1 atom stereocenters. The Kier molecular flexibility index (Phi) is 4.12. The fourth-order valence-corrected chi connectivity index (χ4v) is 1.68. The highest BCUT2D eigenvalue weighted by Gasteiger charge is 2.10. The zero-order valence-electron chi connectivity index (χ0n) is 10.8. The van der Waals surface area contributed by atoms with Crippen LogP contribution in [-0.2, 0) is 0 Å². The van der Waals surface area contributed by atoms with Crippen LogP contribution in [0.15, 0.2) is 42.5 Å². The summed E-state index contributed by atoms with van der Waals surface area (Å²) in [5.74, 6) is -1.54. The summed E-state index contributed by atoms with van der Waals surface area (Å²) < 4.78 is 31.8. The maximum Gasteiger partial charge on any atom is 0.201 e. The Balaban J connectivity index is 2.18. The van der Waals surface area contributed by atoms with E-state index in [1.54, 1.807) is 12.1 Å². The van der Waals surface area contributed by atoms with Crippen molar-refractivity contribution < 1.29 is 13.5 Å². The van der Waals surface area contributed by atoms with Crippen molar-refractivity contribution in [1.82, 2.24) is 5.32 Å². The average molecular weight is 263 g/mol. The van der Waals surface area contributed by atoms with Gasteiger partial charge in [-0.15, -0.1) is 0 Å². The van der Waals surface area contributed by atoms with Crippen LogP contribution in [-0.4, -0.2) is 7.05 Å². The Bertz CT molecular complexity index is 555. The molecule has 1 N–H and O–H groups in total. The third-order valence-electron chi connectivity index (χ3n) is 2.96. The molecule has 0 aromatic heterocycles. The van der Waals surface area contributed by atoms with Crippen LogP contribution in [0.4, 0.5) is 8.78 Å². The van der Waals surface area contributed by atoms with E-state index in [9.17, 15) is 8.78 Å². The summed E-state index contributed by atoms with van der Waals surface area (Å²) >= 11 is 0. The molecule has 0 fully saturated rings. The normalized spacial score (nSPS) is 12.2. The standard InChI is InChI=1S/C15H15F2NO/c1-10(18-2)11-6-8-12(9-7-11)19-14-5-3-4-13(16)15(14)17/h3-10,18H,1-2H3. The van der Waals surface area contributed by atoms with Gasteiger partial charge in [0.25, 0.3) is 0 Å². The molecule has 0 radical (unpaired) electrons. The van der Waals surface area contributed by atoms with E-state index in [1.807, 2.05) is 26.1 Å². The zero-order valence-corrected chi connectivity index (χ0v) is 10.8. The summed E-state index contributed by atoms with van der Waals surface area (Å²) in [5, 5.41) is 3.12. The molecule has 2 nitrogen and oxygen atoms in total. The van der Waals surface area contributed by atoms with Crippen LogP contribution in [0.2, 0.25) is 0 Å². The van der Waals surface area contributed by atoms with Gasteiger partial charge in [0, 0.05) is 6.04 Å². The molecule has 0 aliphatic rings. The smallest absolute Gasteiger partial charge is 0.201 e. The van der Waals surface area contributed by atoms with E-state index < -0.39 is 11.6 Å². The van der Waals surface area contributed by atoms with Crippen LogP contribution in [0, 0.1) is 11.6 Å². The highest BCUT2D eigenvalue weighted by molar-refractivity contribution is 5.34. The second-order valence-corrected chi connectivity index (χ2v) is 4.23. The molecule has 19 heavy (non-hydrogen) atoms. The topological polar surface area (TPSA) is 21.3 Å². The Morgan fingerprint density at radius 2 is 1.74 bits per heavy atom. The number of ether oxygens (including phenoxy) is 1. The summed E-state index contributed by atoms with van der Waals surface area (Å²) in [5.41, 5.74) is 1.09. The fraction of sp³-hybridized carbons (Fsp3) is 0.200. The van der Waals surface area contributed by atoms with Gasteiger partial charge in [0.15, 0.2) is 11.6 Å². The van der Waals surface area contributed by atoms with E-state index >= 15 is 0 Å². The summed E-state index contributed by atoms with van der Waals surface area (Å²) in [6.45, 7) is 2.03. The predicted molar refractivity (Wildman–Crippen MR) is 70.3 cm³/mol. The molecular weight excluding hydrogens is 248 g/mol. The molecule has 1 unspecified atom stereocenters. The van der Waals surface area contributed by atoms with Crippen molar-refractivity contribution in [3.8, 4) is 11.5 Å². The fourth-order valence-electron chi connectivity index (χ4n) is 1.68. The highest BCUT2D eigenvalue weighted by Crippen LogP contribution is 2.26. The molecule has 0 aliphatic heterocycles. The van der Waals surface area contributed by atoms with Gasteiger partial charge in [-0.2, -0.15) is 4.39 Å². The molecule has 100 valence electrons. The highest BCUT2D eigenvalue weighted by atomic mass is 19.2. The first-order valence-electron chi connectivity index (χ1n) is 6.01. The lowest BCUT2D eigenvalue weighted by Gasteiger charge is -2.12. The molecular formula is C15H15F2NO. The number of halogens is 2. The third kappa shape index (κ3) is 3.09. The van der Waals surface area contributed by atoms with Gasteiger partial charge in [-0.1, -0.05) is 18.2 Å². The van der Waals surface area contributed by atoms with E-state index in [4.69, 9.17) is 4.74 Å². The van der Waals surface area contributed by atoms with Gasteiger partial charge in [-0.3, -0.25) is 0 Å². The Hall–Kier alpha value is -1.94. The molecule has 0 saturated heterocycles. The van der Waals surface area contributed by atoms with Crippen LogP contribution in [0.3, 0.4) is 0 Å². The SMILES string of the molecule is CNC(C)c1ccc(Oc2cccc(F)c2F)cc1. The van der Waals surface area contributed by atoms with Gasteiger partial charge < -0.3 is 10.1 Å². The molecule has 0 bridgehead atoms. The number of hydrogen-bond acceptors (Lipinski definition) is 2. The van der Waals surface area contributed by atoms with Crippen LogP contribution >= 0.6 is 0 Å². The predicted octanol–water partition coefficient (Wildman–Crippen LogP) is 4.04. The van der Waals surface area contributed by atoms with E-state index in [2.05, 4.69) is 5.32 Å². The van der Waals surface area contributed by atoms with Gasteiger partial charge in [0.1, 0.15) is 5.75 Å². The van der Waals surface area contributed by atoms with Gasteiger partial charge in [0.2, 0.25) is 5.82 Å². The molecule has 4 heteroatoms. The van der Waals surface area contributed by atoms with Gasteiger partial charge in [0.05, 0.1) is 0 Å². The number of rotatable bonds is 4. The molecule has 0 heterocycles. The van der Waals surface area contributed by atoms with Crippen molar-refractivity contribution in [2.75, 3.05) is 7.05 Å². The number of nitrogens with one attached hydrogen (secondary N) is 1. The Morgan fingerprint density at radius 1 is 1.05 bits per heavy atom. The second-order valence-electron chi connectivity index (χ2n) is 4.23. The minimum atomic E-state index is -0.977. The monoisotopic (exact) mass is 263 g/mol. The lowest BCUT2D eigenvalue weighted by Crippen LogP contribution is -2.11. The molecule has 0 saturated carbocycles. The lowest BCUT2D eigenvalue weighted by molar-refractivity contribution is 0.416. The molecule has 0 amide bonds. The quantitative estimate of drug-likeness (QED) is 0.899. The number of benzene rings is 2. The Labute approximate surface area is 111 Å². The van der Waals surface area contributed by atoms with Crippen molar-refractivity contribution in [3.63, 3.8) is 0 Å². The Morgan fingerprint density at radius 3 is 2.37 bits per heavy atom. The van der Waals surface area contributed by atoms with Crippen molar-refractivity contribution in [3.05, 3.63) is 59.7 Å². The van der Waals surface area contributed by atoms with Crippen LogP contribution in [0.5, 0.6) is 11.5 Å². The molecule has 2 aromatic rings. The summed E-state index contributed by atoms with van der Waals surface area (Å²) in [6.07, 6.45) is 0. The molecule has 0 spiro atoms. The van der Waals surface area contributed by atoms with E-state index in [-0.39, 0.29) is 11.8 Å². The summed E-state index contributed by atoms with van der Waals surface area (Å²) in [4.78, 5) is 0. The van der Waals surface area contributed by atoms with Crippen LogP contribution in [0.25, 0.3) is 0 Å². The van der Waals surface area contributed by atoms with E-state index in [0.717, 1.165) is 11.6 Å². The maximum absolute atomic E-state index is 13.4. The molecule has 0 aliphatic carbocycles. The lowest BCUT2D eigenvalue weighted by atomic mass is 10.1. The molecule has 2 aromatic carbocycles. The first-order chi connectivity index (χ1) is 9.11. The number of hydrogen-bond donors (Lipinski definition) is 1. The minimum Gasteiger partial charge on any atom is -0.454 e. The average Bonchev–Trinajstić information content (AvgIpc) is 2.44. The zero-order chi connectivity index (χ0) is 13.8. The second kappa shape index (κ2) is 5.80. The van der Waals surface area contributed by atoms with Crippen molar-refractivity contribution in [1.29, 1.82) is 0 Å². The van der Waals surface area contributed by atoms with Crippen molar-refractivity contribution >= 4 is 0 Å². The summed E-state index contributed by atoms with van der Waals surface area (Å²) in [7, 11) is 1.87. The van der Waals surface area contributed by atoms with Gasteiger partial charge >= 0.3 is 0 Å². The first-order valence-corrected chi connectivity index (χ1v) is 6.01. The van der Waals surface area contributed by atoms with Crippen LogP contribution in [0.1, 0.15) is 18.5 Å². The van der Waals surface area contributed by atoms with Gasteiger partial charge in [-0.25, -0.2) is 4.39 Å². The van der Waals surface area contributed by atoms with Crippen molar-refractivity contribution in [2.45, 2.75) is 13.0 Å². The third-order valence-corrected chi connectivity index (χ3v) is 2.96. The minimum absolute atomic E-state index is 0.116. The van der Waals surface area contributed by atoms with E-state index in [1.165, 1.54) is 12.1 Å². The summed E-state index contributed by atoms with van der Waals surface area (Å²) in [6, 6.07) is 11.3. The largest absolute Gasteiger partial charge is 0.454 e. The maximum atomic E-state index is 13.4. The first kappa shape index (κ1) is 13.5. The van der Waals surface area contributed by atoms with Crippen molar-refractivity contribution in [2.24, 2.45) is 0 Å². The molecule has 2 rings (SSSR count). The van der Waals surface area contributed by atoms with Crippen LogP contribution < -0.4 is 10.1 Å². The van der Waals surface area contributed by atoms with E-state index in [0.29, 0.717) is 5.75 Å².